The molecule has 1 aliphatic carbocycles. The van der Waals surface area contributed by atoms with Gasteiger partial charge in [0.1, 0.15) is 0 Å². The van der Waals surface area contributed by atoms with Crippen LogP contribution >= 0.6 is 15.9 Å². The second kappa shape index (κ2) is 6.47. The average molecular weight is 298 g/mol. The van der Waals surface area contributed by atoms with Gasteiger partial charge in [-0.1, -0.05) is 12.8 Å². The molecule has 1 aromatic rings. The molecule has 0 saturated heterocycles. The Bertz CT molecular complexity index is 352. The van der Waals surface area contributed by atoms with Crippen molar-refractivity contribution >= 4 is 15.9 Å². The molecule has 3 N–H and O–H groups in total. The molecule has 94 valence electrons. The van der Waals surface area contributed by atoms with Crippen molar-refractivity contribution in [3.63, 3.8) is 0 Å². The van der Waals surface area contributed by atoms with E-state index in [1.54, 1.807) is 6.20 Å². The second-order valence-corrected chi connectivity index (χ2v) is 5.68. The van der Waals surface area contributed by atoms with Gasteiger partial charge in [-0.25, -0.2) is 0 Å². The predicted octanol–water partition coefficient (Wildman–Crippen LogP) is 2.62. The van der Waals surface area contributed by atoms with Crippen LogP contribution in [0.1, 0.15) is 37.3 Å². The Balaban J connectivity index is 1.78. The first-order valence-corrected chi connectivity index (χ1v) is 7.13. The largest absolute Gasteiger partial charge is 0.329 e. The van der Waals surface area contributed by atoms with Gasteiger partial charge in [0.25, 0.3) is 0 Å². The molecule has 1 atom stereocenters. The maximum absolute atomic E-state index is 5.80. The number of hydrogen-bond donors (Lipinski definition) is 2. The van der Waals surface area contributed by atoms with Gasteiger partial charge in [-0.3, -0.25) is 4.98 Å². The van der Waals surface area contributed by atoms with E-state index in [2.05, 4.69) is 32.3 Å². The Kier molecular flexibility index (Phi) is 4.95. The second-order valence-electron chi connectivity index (χ2n) is 4.76. The molecule has 0 aliphatic heterocycles. The minimum Gasteiger partial charge on any atom is -0.329 e. The van der Waals surface area contributed by atoms with Crippen LogP contribution in [0.25, 0.3) is 0 Å². The van der Waals surface area contributed by atoms with Crippen molar-refractivity contribution in [2.75, 3.05) is 13.1 Å². The van der Waals surface area contributed by atoms with Crippen LogP contribution in [0.5, 0.6) is 0 Å². The third kappa shape index (κ3) is 4.37. The number of pyridine rings is 1. The lowest BCUT2D eigenvalue weighted by Crippen LogP contribution is -2.29. The summed E-state index contributed by atoms with van der Waals surface area (Å²) in [6.45, 7) is 1.66. The third-order valence-corrected chi connectivity index (χ3v) is 3.67. The van der Waals surface area contributed by atoms with Crippen LogP contribution in [0.2, 0.25) is 0 Å². The highest BCUT2D eigenvalue weighted by molar-refractivity contribution is 9.10. The normalized spacial score (nSPS) is 17.1. The van der Waals surface area contributed by atoms with Gasteiger partial charge in [-0.15, -0.1) is 0 Å². The maximum Gasteiger partial charge on any atom is 0.0460 e. The predicted molar refractivity (Wildman–Crippen MR) is 73.7 cm³/mol. The van der Waals surface area contributed by atoms with Gasteiger partial charge in [0.2, 0.25) is 0 Å². The maximum atomic E-state index is 5.80. The van der Waals surface area contributed by atoms with Crippen LogP contribution in [-0.4, -0.2) is 18.1 Å². The Labute approximate surface area is 111 Å². The molecule has 1 heterocycles. The van der Waals surface area contributed by atoms with E-state index in [0.717, 1.165) is 22.5 Å². The van der Waals surface area contributed by atoms with E-state index in [9.17, 15) is 0 Å². The first kappa shape index (κ1) is 13.0. The van der Waals surface area contributed by atoms with Crippen molar-refractivity contribution in [1.29, 1.82) is 0 Å². The van der Waals surface area contributed by atoms with Gasteiger partial charge in [-0.05, 0) is 52.9 Å². The van der Waals surface area contributed by atoms with E-state index in [0.29, 0.717) is 6.54 Å². The van der Waals surface area contributed by atoms with Crippen LogP contribution in [0.3, 0.4) is 0 Å². The molecule has 0 spiro atoms. The third-order valence-electron chi connectivity index (χ3n) is 3.24. The number of aromatic nitrogens is 1. The summed E-state index contributed by atoms with van der Waals surface area (Å²) in [5.41, 5.74) is 6.96. The van der Waals surface area contributed by atoms with Gasteiger partial charge in [0.15, 0.2) is 0 Å². The Morgan fingerprint density at radius 2 is 2.29 bits per heavy atom. The molecular weight excluding hydrogens is 278 g/mol. The quantitative estimate of drug-likeness (QED) is 0.761. The van der Waals surface area contributed by atoms with E-state index in [1.165, 1.54) is 25.7 Å². The molecular formula is C13H20BrN3. The molecule has 1 saturated carbocycles. The summed E-state index contributed by atoms with van der Waals surface area (Å²) in [5, 5.41) is 3.51. The molecule has 3 nitrogen and oxygen atoms in total. The molecule has 17 heavy (non-hydrogen) atoms. The standard InChI is InChI=1S/C13H20BrN3/c14-12-6-11(8-16-9-12)13(7-15)17-5-1-2-10-3-4-10/h6,8-10,13,17H,1-5,7,15H2. The monoisotopic (exact) mass is 297 g/mol. The number of hydrogen-bond acceptors (Lipinski definition) is 3. The first-order valence-electron chi connectivity index (χ1n) is 6.33. The number of halogens is 1. The van der Waals surface area contributed by atoms with Crippen LogP contribution in [0.15, 0.2) is 22.9 Å². The topological polar surface area (TPSA) is 50.9 Å². The summed E-state index contributed by atoms with van der Waals surface area (Å²) in [6.07, 6.45) is 9.18. The fourth-order valence-corrected chi connectivity index (χ4v) is 2.41. The molecule has 0 bridgehead atoms. The van der Waals surface area contributed by atoms with Crippen LogP contribution < -0.4 is 11.1 Å². The van der Waals surface area contributed by atoms with Gasteiger partial charge >= 0.3 is 0 Å². The van der Waals surface area contributed by atoms with Crippen LogP contribution in [0, 0.1) is 5.92 Å². The molecule has 0 radical (unpaired) electrons. The number of nitrogens with two attached hydrogens (primary N) is 1. The number of nitrogens with one attached hydrogen (secondary N) is 1. The zero-order chi connectivity index (χ0) is 12.1. The smallest absolute Gasteiger partial charge is 0.0460 e. The summed E-state index contributed by atoms with van der Waals surface area (Å²) in [4.78, 5) is 4.18. The Hall–Kier alpha value is -0.450. The SMILES string of the molecule is NCC(NCCCC1CC1)c1cncc(Br)c1. The zero-order valence-corrected chi connectivity index (χ0v) is 11.6. The number of rotatable bonds is 7. The lowest BCUT2D eigenvalue weighted by molar-refractivity contribution is 0.511. The van der Waals surface area contributed by atoms with Crippen molar-refractivity contribution in [1.82, 2.24) is 10.3 Å². The molecule has 0 aromatic carbocycles. The molecule has 2 rings (SSSR count). The van der Waals surface area contributed by atoms with E-state index in [4.69, 9.17) is 5.73 Å². The van der Waals surface area contributed by atoms with Crippen molar-refractivity contribution in [3.05, 3.63) is 28.5 Å². The Morgan fingerprint density at radius 1 is 1.47 bits per heavy atom. The summed E-state index contributed by atoms with van der Waals surface area (Å²) < 4.78 is 1.01. The van der Waals surface area contributed by atoms with Crippen molar-refractivity contribution in [2.24, 2.45) is 11.7 Å². The highest BCUT2D eigenvalue weighted by atomic mass is 79.9. The van der Waals surface area contributed by atoms with Gasteiger partial charge in [0, 0.05) is 29.5 Å². The van der Waals surface area contributed by atoms with E-state index >= 15 is 0 Å². The fraction of sp³-hybridized carbons (Fsp3) is 0.615. The van der Waals surface area contributed by atoms with Crippen LogP contribution in [0.4, 0.5) is 0 Å². The summed E-state index contributed by atoms with van der Waals surface area (Å²) >= 11 is 3.44. The lowest BCUT2D eigenvalue weighted by atomic mass is 10.1. The molecule has 1 aliphatic rings. The minimum absolute atomic E-state index is 0.221. The van der Waals surface area contributed by atoms with Crippen molar-refractivity contribution < 1.29 is 0 Å². The molecule has 1 aromatic heterocycles. The van der Waals surface area contributed by atoms with Gasteiger partial charge in [-0.2, -0.15) is 0 Å². The summed E-state index contributed by atoms with van der Waals surface area (Å²) in [5.74, 6) is 1.01. The minimum atomic E-state index is 0.221. The van der Waals surface area contributed by atoms with Crippen molar-refractivity contribution in [3.8, 4) is 0 Å². The van der Waals surface area contributed by atoms with Crippen LogP contribution in [-0.2, 0) is 0 Å². The molecule has 1 fully saturated rings. The van der Waals surface area contributed by atoms with E-state index in [-0.39, 0.29) is 6.04 Å². The van der Waals surface area contributed by atoms with E-state index in [1.807, 2.05) is 6.20 Å². The van der Waals surface area contributed by atoms with Crippen molar-refractivity contribution in [2.45, 2.75) is 31.7 Å². The Morgan fingerprint density at radius 3 is 2.94 bits per heavy atom. The highest BCUT2D eigenvalue weighted by Crippen LogP contribution is 2.33. The summed E-state index contributed by atoms with van der Waals surface area (Å²) in [6, 6.07) is 2.30. The fourth-order valence-electron chi connectivity index (χ4n) is 2.03. The molecule has 4 heteroatoms. The highest BCUT2D eigenvalue weighted by Gasteiger charge is 2.20. The lowest BCUT2D eigenvalue weighted by Gasteiger charge is -2.17. The average Bonchev–Trinajstić information content (AvgIpc) is 3.13. The molecule has 1 unspecified atom stereocenters. The van der Waals surface area contributed by atoms with Gasteiger partial charge < -0.3 is 11.1 Å². The number of nitrogens with zero attached hydrogens (tertiary/aromatic N) is 1. The molecule has 0 amide bonds. The first-order chi connectivity index (χ1) is 8.29. The van der Waals surface area contributed by atoms with Gasteiger partial charge in [0.05, 0.1) is 0 Å². The van der Waals surface area contributed by atoms with E-state index < -0.39 is 0 Å². The zero-order valence-electron chi connectivity index (χ0n) is 10.0. The summed E-state index contributed by atoms with van der Waals surface area (Å²) in [7, 11) is 0.